The molecule has 0 radical (unpaired) electrons. The summed E-state index contributed by atoms with van der Waals surface area (Å²) in [5, 5.41) is 3.56. The Labute approximate surface area is 99.7 Å². The van der Waals surface area contributed by atoms with Crippen molar-refractivity contribution < 1.29 is 9.53 Å². The van der Waals surface area contributed by atoms with E-state index < -0.39 is 0 Å². The predicted octanol–water partition coefficient (Wildman–Crippen LogP) is 2.17. The molecule has 1 aliphatic carbocycles. The van der Waals surface area contributed by atoms with E-state index in [2.05, 4.69) is 5.32 Å². The first-order valence-corrected chi connectivity index (χ1v) is 5.68. The number of hydrogen-bond donors (Lipinski definition) is 1. The van der Waals surface area contributed by atoms with Gasteiger partial charge in [-0.05, 0) is 31.0 Å². The number of nitrogens with one attached hydrogen (secondary N) is 1. The largest absolute Gasteiger partial charge is 0.496 e. The first kappa shape index (κ1) is 11.3. The van der Waals surface area contributed by atoms with Gasteiger partial charge in [0.15, 0.2) is 0 Å². The number of amides is 1. The van der Waals surface area contributed by atoms with E-state index in [0.717, 1.165) is 18.4 Å². The van der Waals surface area contributed by atoms with Gasteiger partial charge in [-0.15, -0.1) is 0 Å². The van der Waals surface area contributed by atoms with Crippen LogP contribution < -0.4 is 10.1 Å². The zero-order valence-electron chi connectivity index (χ0n) is 9.13. The summed E-state index contributed by atoms with van der Waals surface area (Å²) in [6.07, 6.45) is 2.51. The minimum atomic E-state index is 0.0306. The number of ether oxygens (including phenoxy) is 1. The fraction of sp³-hybridized carbons (Fsp3) is 0.417. The van der Waals surface area contributed by atoms with Gasteiger partial charge in [0.1, 0.15) is 5.75 Å². The Balaban J connectivity index is 2.05. The minimum Gasteiger partial charge on any atom is -0.496 e. The summed E-state index contributed by atoms with van der Waals surface area (Å²) in [5.41, 5.74) is 0.827. The second kappa shape index (κ2) is 4.74. The predicted molar refractivity (Wildman–Crippen MR) is 62.9 cm³/mol. The maximum absolute atomic E-state index is 11.6. The second-order valence-electron chi connectivity index (χ2n) is 3.97. The molecule has 0 atom stereocenters. The zero-order chi connectivity index (χ0) is 11.5. The summed E-state index contributed by atoms with van der Waals surface area (Å²) in [7, 11) is 1.59. The molecule has 1 fully saturated rings. The number of carbonyl (C=O) groups excluding carboxylic acids is 1. The number of hydrogen-bond acceptors (Lipinski definition) is 2. The molecular weight excluding hydrogens is 226 g/mol. The molecule has 1 aromatic rings. The summed E-state index contributed by atoms with van der Waals surface area (Å²) in [6, 6.07) is 5.69. The highest BCUT2D eigenvalue weighted by molar-refractivity contribution is 6.30. The topological polar surface area (TPSA) is 38.3 Å². The van der Waals surface area contributed by atoms with Gasteiger partial charge in [0.25, 0.3) is 0 Å². The summed E-state index contributed by atoms with van der Waals surface area (Å²) in [5.74, 6) is 0.735. The molecule has 1 saturated carbocycles. The lowest BCUT2D eigenvalue weighted by Gasteiger charge is -2.09. The molecule has 16 heavy (non-hydrogen) atoms. The van der Waals surface area contributed by atoms with Gasteiger partial charge in [-0.1, -0.05) is 11.6 Å². The van der Waals surface area contributed by atoms with Crippen LogP contribution in [0.4, 0.5) is 0 Å². The van der Waals surface area contributed by atoms with Gasteiger partial charge in [0.2, 0.25) is 5.91 Å². The lowest BCUT2D eigenvalue weighted by Crippen LogP contribution is -2.27. The third-order valence-electron chi connectivity index (χ3n) is 2.54. The van der Waals surface area contributed by atoms with E-state index in [1.54, 1.807) is 25.3 Å². The molecule has 0 aromatic heterocycles. The quantitative estimate of drug-likeness (QED) is 0.875. The van der Waals surface area contributed by atoms with Crippen molar-refractivity contribution >= 4 is 17.5 Å². The molecule has 0 aliphatic heterocycles. The highest BCUT2D eigenvalue weighted by Crippen LogP contribution is 2.24. The van der Waals surface area contributed by atoms with Crippen LogP contribution in [0.15, 0.2) is 18.2 Å². The van der Waals surface area contributed by atoms with Crippen molar-refractivity contribution in [3.05, 3.63) is 28.8 Å². The van der Waals surface area contributed by atoms with Crippen molar-refractivity contribution in [2.75, 3.05) is 7.11 Å². The molecule has 1 N–H and O–H groups in total. The van der Waals surface area contributed by atoms with E-state index in [-0.39, 0.29) is 5.91 Å². The van der Waals surface area contributed by atoms with Crippen LogP contribution in [0.3, 0.4) is 0 Å². The molecular formula is C12H14ClNO2. The number of carbonyl (C=O) groups is 1. The smallest absolute Gasteiger partial charge is 0.224 e. The molecule has 0 spiro atoms. The van der Waals surface area contributed by atoms with Crippen LogP contribution >= 0.6 is 11.6 Å². The van der Waals surface area contributed by atoms with Gasteiger partial charge in [-0.3, -0.25) is 4.79 Å². The lowest BCUT2D eigenvalue weighted by atomic mass is 10.1. The van der Waals surface area contributed by atoms with Gasteiger partial charge in [0.05, 0.1) is 13.5 Å². The van der Waals surface area contributed by atoms with Crippen molar-refractivity contribution in [2.24, 2.45) is 0 Å². The summed E-state index contributed by atoms with van der Waals surface area (Å²) < 4.78 is 5.18. The van der Waals surface area contributed by atoms with Crippen LogP contribution in [-0.4, -0.2) is 19.1 Å². The molecule has 2 rings (SSSR count). The first-order valence-electron chi connectivity index (χ1n) is 5.31. The Morgan fingerprint density at radius 3 is 2.94 bits per heavy atom. The molecule has 0 saturated heterocycles. The number of rotatable bonds is 4. The Hall–Kier alpha value is -1.22. The van der Waals surface area contributed by atoms with E-state index in [0.29, 0.717) is 23.2 Å². The fourth-order valence-corrected chi connectivity index (χ4v) is 1.76. The third-order valence-corrected chi connectivity index (χ3v) is 2.77. The van der Waals surface area contributed by atoms with E-state index >= 15 is 0 Å². The molecule has 0 bridgehead atoms. The highest BCUT2D eigenvalue weighted by atomic mass is 35.5. The van der Waals surface area contributed by atoms with E-state index in [4.69, 9.17) is 16.3 Å². The Kier molecular flexibility index (Phi) is 3.34. The van der Waals surface area contributed by atoms with Gasteiger partial charge < -0.3 is 10.1 Å². The lowest BCUT2D eigenvalue weighted by molar-refractivity contribution is -0.120. The van der Waals surface area contributed by atoms with Crippen LogP contribution in [0.25, 0.3) is 0 Å². The van der Waals surface area contributed by atoms with Crippen LogP contribution in [0.1, 0.15) is 18.4 Å². The van der Waals surface area contributed by atoms with E-state index in [1.807, 2.05) is 0 Å². The number of benzene rings is 1. The summed E-state index contributed by atoms with van der Waals surface area (Å²) in [6.45, 7) is 0. The molecule has 86 valence electrons. The van der Waals surface area contributed by atoms with Crippen molar-refractivity contribution in [3.8, 4) is 5.75 Å². The molecule has 0 unspecified atom stereocenters. The van der Waals surface area contributed by atoms with Crippen molar-refractivity contribution in [1.82, 2.24) is 5.32 Å². The van der Waals surface area contributed by atoms with Gasteiger partial charge in [0, 0.05) is 16.6 Å². The van der Waals surface area contributed by atoms with Crippen LogP contribution in [0.2, 0.25) is 5.02 Å². The first-order chi connectivity index (χ1) is 7.69. The van der Waals surface area contributed by atoms with Crippen molar-refractivity contribution in [3.63, 3.8) is 0 Å². The number of halogens is 1. The van der Waals surface area contributed by atoms with Crippen molar-refractivity contribution in [2.45, 2.75) is 25.3 Å². The summed E-state index contributed by atoms with van der Waals surface area (Å²) in [4.78, 5) is 11.6. The zero-order valence-corrected chi connectivity index (χ0v) is 9.88. The van der Waals surface area contributed by atoms with E-state index in [9.17, 15) is 4.79 Å². The SMILES string of the molecule is COc1ccc(Cl)cc1CC(=O)NC1CC1. The Morgan fingerprint density at radius 2 is 2.31 bits per heavy atom. The number of methoxy groups -OCH3 is 1. The molecule has 1 amide bonds. The molecule has 4 heteroatoms. The average molecular weight is 240 g/mol. The van der Waals surface area contributed by atoms with E-state index in [1.165, 1.54) is 0 Å². The average Bonchev–Trinajstić information content (AvgIpc) is 3.02. The standard InChI is InChI=1S/C12H14ClNO2/c1-16-11-5-2-9(13)6-8(11)7-12(15)14-10-3-4-10/h2,5-6,10H,3-4,7H2,1H3,(H,14,15). The van der Waals surface area contributed by atoms with Crippen LogP contribution in [0, 0.1) is 0 Å². The maximum atomic E-state index is 11.6. The summed E-state index contributed by atoms with van der Waals surface area (Å²) >= 11 is 5.89. The second-order valence-corrected chi connectivity index (χ2v) is 4.41. The van der Waals surface area contributed by atoms with Crippen molar-refractivity contribution in [1.29, 1.82) is 0 Å². The molecule has 1 aliphatic rings. The Bertz CT molecular complexity index is 402. The van der Waals surface area contributed by atoms with Gasteiger partial charge >= 0.3 is 0 Å². The Morgan fingerprint density at radius 1 is 1.56 bits per heavy atom. The fourth-order valence-electron chi connectivity index (χ4n) is 1.56. The third kappa shape index (κ3) is 2.89. The normalized spacial score (nSPS) is 14.6. The maximum Gasteiger partial charge on any atom is 0.224 e. The molecule has 0 heterocycles. The van der Waals surface area contributed by atoms with Crippen LogP contribution in [0.5, 0.6) is 5.75 Å². The molecule has 3 nitrogen and oxygen atoms in total. The minimum absolute atomic E-state index is 0.0306. The van der Waals surface area contributed by atoms with Gasteiger partial charge in [-0.25, -0.2) is 0 Å². The highest BCUT2D eigenvalue weighted by Gasteiger charge is 2.23. The van der Waals surface area contributed by atoms with Gasteiger partial charge in [-0.2, -0.15) is 0 Å². The van der Waals surface area contributed by atoms with Crippen LogP contribution in [-0.2, 0) is 11.2 Å². The molecule has 1 aromatic carbocycles. The monoisotopic (exact) mass is 239 g/mol.